The number of rotatable bonds is 7. The van der Waals surface area contributed by atoms with Gasteiger partial charge >= 0.3 is 0 Å². The highest BCUT2D eigenvalue weighted by Gasteiger charge is 2.15. The summed E-state index contributed by atoms with van der Waals surface area (Å²) in [6.07, 6.45) is 3.10. The van der Waals surface area contributed by atoms with Crippen LogP contribution < -0.4 is 15.0 Å². The van der Waals surface area contributed by atoms with Gasteiger partial charge in [-0.1, -0.05) is 18.7 Å². The third-order valence-electron chi connectivity index (χ3n) is 5.85. The molecule has 0 aliphatic carbocycles. The quantitative estimate of drug-likeness (QED) is 0.328. The molecule has 172 valence electrons. The number of likely N-dealkylation sites (N-methyl/N-ethyl adjacent to an activating group) is 1. The molecule has 0 saturated carbocycles. The van der Waals surface area contributed by atoms with Crippen molar-refractivity contribution in [3.63, 3.8) is 0 Å². The average Bonchev–Trinajstić information content (AvgIpc) is 3.28. The van der Waals surface area contributed by atoms with Crippen LogP contribution in [-0.2, 0) is 0 Å². The van der Waals surface area contributed by atoms with Gasteiger partial charge in [-0.25, -0.2) is 4.52 Å². The van der Waals surface area contributed by atoms with Crippen molar-refractivity contribution in [1.82, 2.24) is 19.5 Å². The summed E-state index contributed by atoms with van der Waals surface area (Å²) >= 11 is 0. The first-order valence-corrected chi connectivity index (χ1v) is 11.2. The number of hydrogen-bond donors (Lipinski definition) is 1. The van der Waals surface area contributed by atoms with E-state index in [4.69, 9.17) is 4.74 Å². The first kappa shape index (κ1) is 21.7. The van der Waals surface area contributed by atoms with Crippen LogP contribution in [0.1, 0.15) is 10.4 Å². The maximum atomic E-state index is 11.9. The highest BCUT2D eigenvalue weighted by molar-refractivity contribution is 6.04. The van der Waals surface area contributed by atoms with Gasteiger partial charge in [0.05, 0.1) is 0 Å². The molecule has 0 spiro atoms. The minimum absolute atomic E-state index is 0.156. The van der Waals surface area contributed by atoms with Gasteiger partial charge in [0, 0.05) is 49.3 Å². The number of carbonyl (C=O) groups excluding carboxylic acids is 1. The molecule has 8 heteroatoms. The molecule has 3 heterocycles. The number of pyridine rings is 1. The first-order valence-electron chi connectivity index (χ1n) is 11.2. The molecule has 1 N–H and O–H groups in total. The Morgan fingerprint density at radius 2 is 1.85 bits per heavy atom. The van der Waals surface area contributed by atoms with Gasteiger partial charge in [0.25, 0.3) is 0 Å². The van der Waals surface area contributed by atoms with E-state index < -0.39 is 0 Å². The molecule has 0 unspecified atom stereocenters. The normalized spacial score (nSPS) is 14.2. The zero-order valence-electron chi connectivity index (χ0n) is 19.0. The van der Waals surface area contributed by atoms with Gasteiger partial charge in [-0.3, -0.25) is 4.79 Å². The van der Waals surface area contributed by atoms with E-state index in [-0.39, 0.29) is 5.78 Å². The molecule has 0 amide bonds. The number of hydrogen-bond acceptors (Lipinski definition) is 7. The number of benzene rings is 2. The Balaban J connectivity index is 1.33. The van der Waals surface area contributed by atoms with Crippen LogP contribution in [0.4, 0.5) is 17.3 Å². The van der Waals surface area contributed by atoms with Gasteiger partial charge in [0.1, 0.15) is 5.75 Å². The van der Waals surface area contributed by atoms with E-state index in [2.05, 4.69) is 51.0 Å². The predicted octanol–water partition coefficient (Wildman–Crippen LogP) is 4.39. The molecule has 0 radical (unpaired) electrons. The molecule has 5 rings (SSSR count). The lowest BCUT2D eigenvalue weighted by molar-refractivity contribution is 0.104. The average molecular weight is 455 g/mol. The molecule has 1 fully saturated rings. The Hall–Kier alpha value is -4.17. The van der Waals surface area contributed by atoms with E-state index in [0.29, 0.717) is 28.7 Å². The number of ketones is 1. The first-order chi connectivity index (χ1) is 16.6. The van der Waals surface area contributed by atoms with Crippen LogP contribution in [0.2, 0.25) is 0 Å². The molecule has 4 aromatic rings. The summed E-state index contributed by atoms with van der Waals surface area (Å²) in [5.41, 5.74) is 3.21. The summed E-state index contributed by atoms with van der Waals surface area (Å²) < 4.78 is 7.70. The number of allylic oxidation sites excluding steroid dienone is 1. The number of fused-ring (bicyclic) bond motifs is 1. The Labute approximate surface area is 198 Å². The molecule has 0 atom stereocenters. The molecule has 2 aromatic heterocycles. The van der Waals surface area contributed by atoms with Crippen LogP contribution in [0.5, 0.6) is 11.5 Å². The minimum Gasteiger partial charge on any atom is -0.453 e. The second kappa shape index (κ2) is 9.36. The van der Waals surface area contributed by atoms with Crippen molar-refractivity contribution in [2.24, 2.45) is 0 Å². The highest BCUT2D eigenvalue weighted by Crippen LogP contribution is 2.27. The zero-order valence-corrected chi connectivity index (χ0v) is 19.0. The highest BCUT2D eigenvalue weighted by atomic mass is 16.5. The fraction of sp³-hybridized carbons (Fsp3) is 0.192. The number of ether oxygens (including phenoxy) is 1. The monoisotopic (exact) mass is 454 g/mol. The summed E-state index contributed by atoms with van der Waals surface area (Å²) in [5, 5.41) is 7.79. The Bertz CT molecular complexity index is 1320. The molecule has 1 saturated heterocycles. The molecular weight excluding hydrogens is 428 g/mol. The van der Waals surface area contributed by atoms with Crippen molar-refractivity contribution in [3.05, 3.63) is 85.1 Å². The van der Waals surface area contributed by atoms with Crippen molar-refractivity contribution >= 4 is 28.8 Å². The second-order valence-corrected chi connectivity index (χ2v) is 8.24. The zero-order chi connectivity index (χ0) is 23.5. The minimum atomic E-state index is -0.156. The van der Waals surface area contributed by atoms with Gasteiger partial charge in [-0.05, 0) is 61.7 Å². The third-order valence-corrected chi connectivity index (χ3v) is 5.85. The van der Waals surface area contributed by atoms with Crippen molar-refractivity contribution in [2.75, 3.05) is 43.4 Å². The Morgan fingerprint density at radius 1 is 1.06 bits per heavy atom. The molecule has 1 aliphatic rings. The lowest BCUT2D eigenvalue weighted by atomic mass is 10.1. The molecular formula is C26H26N6O2. The Kier molecular flexibility index (Phi) is 5.97. The Morgan fingerprint density at radius 3 is 2.62 bits per heavy atom. The van der Waals surface area contributed by atoms with E-state index in [1.54, 1.807) is 28.8 Å². The van der Waals surface area contributed by atoms with Crippen LogP contribution in [0.3, 0.4) is 0 Å². The topological polar surface area (TPSA) is 75.0 Å². The largest absolute Gasteiger partial charge is 0.453 e. The molecule has 34 heavy (non-hydrogen) atoms. The maximum Gasteiger partial charge on any atom is 0.247 e. The smallest absolute Gasteiger partial charge is 0.247 e. The van der Waals surface area contributed by atoms with E-state index in [9.17, 15) is 4.79 Å². The van der Waals surface area contributed by atoms with Crippen LogP contribution in [-0.4, -0.2) is 58.5 Å². The fourth-order valence-electron chi connectivity index (χ4n) is 3.92. The number of nitrogens with one attached hydrogen (secondary N) is 1. The van der Waals surface area contributed by atoms with Crippen LogP contribution >= 0.6 is 0 Å². The third kappa shape index (κ3) is 4.62. The number of carbonyl (C=O) groups is 1. The molecule has 8 nitrogen and oxygen atoms in total. The van der Waals surface area contributed by atoms with E-state index in [1.165, 1.54) is 11.8 Å². The SMILES string of the molecule is C=CC(=O)c1cccc(Oc2cccn3nc(Nc4ccc(N5CCN(C)CC5)cc4)nc23)c1. The lowest BCUT2D eigenvalue weighted by Gasteiger charge is -2.34. The summed E-state index contributed by atoms with van der Waals surface area (Å²) in [6.45, 7) is 7.75. The molecule has 1 aliphatic heterocycles. The van der Waals surface area contributed by atoms with Gasteiger partial charge in [-0.2, -0.15) is 4.98 Å². The number of anilines is 3. The van der Waals surface area contributed by atoms with E-state index in [1.807, 2.05) is 30.5 Å². The van der Waals surface area contributed by atoms with Crippen LogP contribution in [0, 0.1) is 0 Å². The fourth-order valence-corrected chi connectivity index (χ4v) is 3.92. The molecule has 2 aromatic carbocycles. The van der Waals surface area contributed by atoms with E-state index in [0.717, 1.165) is 31.9 Å². The summed E-state index contributed by atoms with van der Waals surface area (Å²) in [5.74, 6) is 1.39. The van der Waals surface area contributed by atoms with Gasteiger partial charge < -0.3 is 19.9 Å². The van der Waals surface area contributed by atoms with E-state index >= 15 is 0 Å². The number of piperazine rings is 1. The van der Waals surface area contributed by atoms with Crippen molar-refractivity contribution in [2.45, 2.75) is 0 Å². The van der Waals surface area contributed by atoms with Crippen molar-refractivity contribution in [3.8, 4) is 11.5 Å². The van der Waals surface area contributed by atoms with Gasteiger partial charge in [0.15, 0.2) is 17.2 Å². The maximum absolute atomic E-state index is 11.9. The van der Waals surface area contributed by atoms with Crippen LogP contribution in [0.25, 0.3) is 5.65 Å². The number of nitrogens with zero attached hydrogens (tertiary/aromatic N) is 5. The molecule has 0 bridgehead atoms. The van der Waals surface area contributed by atoms with Gasteiger partial charge in [0.2, 0.25) is 5.95 Å². The lowest BCUT2D eigenvalue weighted by Crippen LogP contribution is -2.44. The summed E-state index contributed by atoms with van der Waals surface area (Å²) in [4.78, 5) is 21.3. The van der Waals surface area contributed by atoms with Crippen LogP contribution in [0.15, 0.2) is 79.5 Å². The van der Waals surface area contributed by atoms with Crippen molar-refractivity contribution < 1.29 is 9.53 Å². The van der Waals surface area contributed by atoms with Crippen molar-refractivity contribution in [1.29, 1.82) is 0 Å². The predicted molar refractivity (Wildman–Crippen MR) is 133 cm³/mol. The standard InChI is InChI=1S/C26H26N6O2/c1-3-23(33)19-6-4-7-22(18-19)34-24-8-5-13-32-25(24)28-26(29-32)27-20-9-11-21(12-10-20)31-16-14-30(2)15-17-31/h3-13,18H,1,14-17H2,2H3,(H,27,29). The number of aromatic nitrogens is 3. The summed E-state index contributed by atoms with van der Waals surface area (Å²) in [7, 11) is 2.16. The van der Waals surface area contributed by atoms with Gasteiger partial charge in [-0.15, -0.1) is 5.10 Å². The summed E-state index contributed by atoms with van der Waals surface area (Å²) in [6, 6.07) is 19.0. The second-order valence-electron chi connectivity index (χ2n) is 8.24.